The van der Waals surface area contributed by atoms with Crippen molar-refractivity contribution in [2.24, 2.45) is 10.7 Å². The smallest absolute Gasteiger partial charge is 0.409 e. The highest BCUT2D eigenvalue weighted by molar-refractivity contribution is 14.0. The van der Waals surface area contributed by atoms with Gasteiger partial charge < -0.3 is 26.0 Å². The van der Waals surface area contributed by atoms with E-state index in [4.69, 9.17) is 10.5 Å². The summed E-state index contributed by atoms with van der Waals surface area (Å²) in [6, 6.07) is 0.505. The second-order valence-corrected chi connectivity index (χ2v) is 5.65. The number of carbonyl (C=O) groups excluding carboxylic acids is 2. The van der Waals surface area contributed by atoms with Crippen molar-refractivity contribution in [2.45, 2.75) is 44.7 Å². The minimum absolute atomic E-state index is 0. The summed E-state index contributed by atoms with van der Waals surface area (Å²) in [7, 11) is 0. The molecule has 0 unspecified atom stereocenters. The zero-order valence-corrected chi connectivity index (χ0v) is 15.7. The van der Waals surface area contributed by atoms with Crippen LogP contribution in [0.5, 0.6) is 0 Å². The number of nitrogens with one attached hydrogen (secondary N) is 2. The second-order valence-electron chi connectivity index (χ2n) is 5.65. The van der Waals surface area contributed by atoms with E-state index in [9.17, 15) is 9.59 Å². The predicted octanol–water partition coefficient (Wildman–Crippen LogP) is 0.408. The van der Waals surface area contributed by atoms with Crippen molar-refractivity contribution in [3.8, 4) is 0 Å². The van der Waals surface area contributed by atoms with Gasteiger partial charge in [0.25, 0.3) is 0 Å². The molecular weight excluding hydrogens is 413 g/mol. The number of piperidine rings is 1. The molecule has 2 fully saturated rings. The fourth-order valence-corrected chi connectivity index (χ4v) is 2.33. The third-order valence-corrected chi connectivity index (χ3v) is 3.71. The van der Waals surface area contributed by atoms with Gasteiger partial charge in [0.15, 0.2) is 5.96 Å². The number of likely N-dealkylation sites (tertiary alicyclic amines) is 1. The summed E-state index contributed by atoms with van der Waals surface area (Å²) in [4.78, 5) is 28.8. The van der Waals surface area contributed by atoms with Crippen LogP contribution >= 0.6 is 24.0 Å². The Morgan fingerprint density at radius 1 is 1.17 bits per heavy atom. The lowest BCUT2D eigenvalue weighted by molar-refractivity contribution is -0.119. The molecular formula is C14H26IN5O3. The maximum absolute atomic E-state index is 11.6. The monoisotopic (exact) mass is 439 g/mol. The molecule has 0 aromatic carbocycles. The number of amides is 2. The fraction of sp³-hybridized carbons (Fsp3) is 0.786. The van der Waals surface area contributed by atoms with Crippen LogP contribution in [0.15, 0.2) is 4.99 Å². The van der Waals surface area contributed by atoms with Crippen molar-refractivity contribution in [2.75, 3.05) is 26.2 Å². The number of guanidine groups is 1. The van der Waals surface area contributed by atoms with Gasteiger partial charge in [-0.05, 0) is 32.6 Å². The van der Waals surface area contributed by atoms with Gasteiger partial charge >= 0.3 is 6.09 Å². The number of rotatable bonds is 5. The van der Waals surface area contributed by atoms with E-state index in [1.54, 1.807) is 11.8 Å². The van der Waals surface area contributed by atoms with Gasteiger partial charge in [-0.2, -0.15) is 0 Å². The number of hydrogen-bond acceptors (Lipinski definition) is 4. The summed E-state index contributed by atoms with van der Waals surface area (Å²) in [6.07, 6.45) is 3.41. The van der Waals surface area contributed by atoms with Gasteiger partial charge in [0.1, 0.15) is 6.54 Å². The van der Waals surface area contributed by atoms with Crippen molar-refractivity contribution in [1.82, 2.24) is 15.5 Å². The normalized spacial score (nSPS) is 18.8. The van der Waals surface area contributed by atoms with Crippen molar-refractivity contribution in [3.05, 3.63) is 0 Å². The molecule has 2 rings (SSSR count). The van der Waals surface area contributed by atoms with E-state index in [1.165, 1.54) is 0 Å². The molecule has 1 aliphatic carbocycles. The van der Waals surface area contributed by atoms with Crippen LogP contribution in [0.1, 0.15) is 32.6 Å². The van der Waals surface area contributed by atoms with E-state index in [0.717, 1.165) is 25.7 Å². The summed E-state index contributed by atoms with van der Waals surface area (Å²) in [5.41, 5.74) is 5.80. The minimum Gasteiger partial charge on any atom is -0.450 e. The maximum atomic E-state index is 11.6. The van der Waals surface area contributed by atoms with Gasteiger partial charge in [0.2, 0.25) is 5.91 Å². The van der Waals surface area contributed by atoms with Gasteiger partial charge in [-0.15, -0.1) is 24.0 Å². The fourth-order valence-electron chi connectivity index (χ4n) is 2.33. The Kier molecular flexibility index (Phi) is 8.42. The lowest BCUT2D eigenvalue weighted by Gasteiger charge is -2.31. The van der Waals surface area contributed by atoms with E-state index in [2.05, 4.69) is 15.6 Å². The topological polar surface area (TPSA) is 109 Å². The lowest BCUT2D eigenvalue weighted by atomic mass is 10.1. The molecule has 2 amide bonds. The molecule has 1 saturated heterocycles. The van der Waals surface area contributed by atoms with Gasteiger partial charge in [-0.3, -0.25) is 4.79 Å². The van der Waals surface area contributed by atoms with Crippen LogP contribution in [0.2, 0.25) is 0 Å². The molecule has 1 heterocycles. The van der Waals surface area contributed by atoms with Crippen LogP contribution in [0.25, 0.3) is 0 Å². The molecule has 0 bridgehead atoms. The zero-order chi connectivity index (χ0) is 15.9. The molecule has 4 N–H and O–H groups in total. The maximum Gasteiger partial charge on any atom is 0.409 e. The molecule has 0 radical (unpaired) electrons. The van der Waals surface area contributed by atoms with Crippen molar-refractivity contribution in [3.63, 3.8) is 0 Å². The van der Waals surface area contributed by atoms with Crippen LogP contribution in [-0.4, -0.2) is 61.2 Å². The van der Waals surface area contributed by atoms with Crippen molar-refractivity contribution in [1.29, 1.82) is 0 Å². The first-order chi connectivity index (χ1) is 10.6. The molecule has 1 saturated carbocycles. The number of halogens is 1. The molecule has 2 aliphatic rings. The van der Waals surface area contributed by atoms with E-state index in [1.807, 2.05) is 0 Å². The number of carbonyl (C=O) groups is 2. The Bertz CT molecular complexity index is 434. The van der Waals surface area contributed by atoms with Gasteiger partial charge in [0, 0.05) is 25.2 Å². The van der Waals surface area contributed by atoms with E-state index >= 15 is 0 Å². The standard InChI is InChI=1S/C14H25N5O3.HI/c1-2-22-14(21)19-7-5-11(6-8-19)18-13(15)16-9-12(20)17-10-3-4-10;/h10-11H,2-9H2,1H3,(H,17,20)(H3,15,16,18);1H. The highest BCUT2D eigenvalue weighted by Gasteiger charge is 2.24. The Hall–Kier alpha value is -1.26. The number of ether oxygens (including phenoxy) is 1. The first-order valence-electron chi connectivity index (χ1n) is 7.86. The van der Waals surface area contributed by atoms with E-state index in [0.29, 0.717) is 25.7 Å². The molecule has 1 aliphatic heterocycles. The van der Waals surface area contributed by atoms with Crippen molar-refractivity contribution < 1.29 is 14.3 Å². The summed E-state index contributed by atoms with van der Waals surface area (Å²) < 4.78 is 4.97. The molecule has 9 heteroatoms. The lowest BCUT2D eigenvalue weighted by Crippen LogP contribution is -2.48. The number of aliphatic imine (C=N–C) groups is 1. The molecule has 0 atom stereocenters. The average molecular weight is 439 g/mol. The Balaban J connectivity index is 0.00000264. The molecule has 23 heavy (non-hydrogen) atoms. The van der Waals surface area contributed by atoms with Gasteiger partial charge in [0.05, 0.1) is 6.61 Å². The van der Waals surface area contributed by atoms with E-state index < -0.39 is 0 Å². The highest BCUT2D eigenvalue weighted by atomic mass is 127. The molecule has 0 aromatic heterocycles. The highest BCUT2D eigenvalue weighted by Crippen LogP contribution is 2.18. The molecule has 8 nitrogen and oxygen atoms in total. The second kappa shape index (κ2) is 9.78. The van der Waals surface area contributed by atoms with Crippen LogP contribution in [0, 0.1) is 0 Å². The first-order valence-corrected chi connectivity index (χ1v) is 7.86. The molecule has 0 aromatic rings. The van der Waals surface area contributed by atoms with Crippen LogP contribution < -0.4 is 16.4 Å². The summed E-state index contributed by atoms with van der Waals surface area (Å²) in [5.74, 6) is 0.185. The van der Waals surface area contributed by atoms with Crippen LogP contribution in [0.3, 0.4) is 0 Å². The Morgan fingerprint density at radius 2 is 1.78 bits per heavy atom. The quantitative estimate of drug-likeness (QED) is 0.327. The Morgan fingerprint density at radius 3 is 2.35 bits per heavy atom. The third kappa shape index (κ3) is 7.23. The Labute approximate surface area is 153 Å². The average Bonchev–Trinajstić information content (AvgIpc) is 3.30. The molecule has 132 valence electrons. The zero-order valence-electron chi connectivity index (χ0n) is 13.4. The number of nitrogens with zero attached hydrogens (tertiary/aromatic N) is 2. The van der Waals surface area contributed by atoms with Gasteiger partial charge in [-0.1, -0.05) is 0 Å². The number of hydrogen-bond donors (Lipinski definition) is 3. The minimum atomic E-state index is -0.265. The van der Waals surface area contributed by atoms with Crippen molar-refractivity contribution >= 4 is 41.9 Å². The van der Waals surface area contributed by atoms with Crippen LogP contribution in [0.4, 0.5) is 4.79 Å². The SMILES string of the molecule is CCOC(=O)N1CCC(NC(N)=NCC(=O)NC2CC2)CC1.I. The number of nitrogens with two attached hydrogens (primary N) is 1. The summed E-state index contributed by atoms with van der Waals surface area (Å²) in [6.45, 7) is 3.50. The van der Waals surface area contributed by atoms with Gasteiger partial charge in [-0.25, -0.2) is 9.79 Å². The summed E-state index contributed by atoms with van der Waals surface area (Å²) in [5, 5.41) is 5.96. The summed E-state index contributed by atoms with van der Waals surface area (Å²) >= 11 is 0. The van der Waals surface area contributed by atoms with Crippen LogP contribution in [-0.2, 0) is 9.53 Å². The predicted molar refractivity (Wildman–Crippen MR) is 97.8 cm³/mol. The largest absolute Gasteiger partial charge is 0.450 e. The molecule has 0 spiro atoms. The third-order valence-electron chi connectivity index (χ3n) is 3.71. The first kappa shape index (κ1) is 19.8. The van der Waals surface area contributed by atoms with E-state index in [-0.39, 0.29) is 54.5 Å².